The summed E-state index contributed by atoms with van der Waals surface area (Å²) in [5, 5.41) is 6.76. The zero-order chi connectivity index (χ0) is 17.2. The Morgan fingerprint density at radius 1 is 1.04 bits per heavy atom. The molecule has 5 nitrogen and oxygen atoms in total. The molecular weight excluding hydrogens is 304 g/mol. The molecular formula is C19H22N2O3. The van der Waals surface area contributed by atoms with Crippen LogP contribution in [0.1, 0.15) is 25.0 Å². The summed E-state index contributed by atoms with van der Waals surface area (Å²) >= 11 is 0. The first kappa shape index (κ1) is 17.5. The van der Waals surface area contributed by atoms with E-state index in [1.165, 1.54) is 0 Å². The highest BCUT2D eigenvalue weighted by atomic mass is 16.6. The summed E-state index contributed by atoms with van der Waals surface area (Å²) in [6.07, 6.45) is 0. The summed E-state index contributed by atoms with van der Waals surface area (Å²) in [5.74, 6) is 0.506. The number of rotatable bonds is 8. The van der Waals surface area contributed by atoms with Gasteiger partial charge in [0.25, 0.3) is 5.91 Å². The molecule has 1 amide bonds. The quantitative estimate of drug-likeness (QED) is 0.599. The molecule has 0 spiro atoms. The standard InChI is InChI=1S/C19H22N2O3/c1-3-20-19(22)18(21-24-4-2)17-13-9-8-10-15(17)14-23-16-11-6-5-7-12-16/h5-13H,3-4,14H2,1-2H3,(H,20,22)/b21-18-. The largest absolute Gasteiger partial charge is 0.489 e. The lowest BCUT2D eigenvalue weighted by atomic mass is 10.0. The summed E-state index contributed by atoms with van der Waals surface area (Å²) in [5.41, 5.74) is 1.82. The summed E-state index contributed by atoms with van der Waals surface area (Å²) < 4.78 is 5.80. The first-order chi connectivity index (χ1) is 11.8. The van der Waals surface area contributed by atoms with Crippen LogP contribution in [0.2, 0.25) is 0 Å². The molecule has 1 N–H and O–H groups in total. The van der Waals surface area contributed by atoms with Crippen LogP contribution >= 0.6 is 0 Å². The van der Waals surface area contributed by atoms with Crippen molar-refractivity contribution in [2.75, 3.05) is 13.2 Å². The van der Waals surface area contributed by atoms with Crippen LogP contribution in [0.4, 0.5) is 0 Å². The average Bonchev–Trinajstić information content (AvgIpc) is 2.62. The van der Waals surface area contributed by atoms with Gasteiger partial charge >= 0.3 is 0 Å². The molecule has 2 aromatic carbocycles. The van der Waals surface area contributed by atoms with Crippen molar-refractivity contribution in [1.29, 1.82) is 0 Å². The van der Waals surface area contributed by atoms with Crippen molar-refractivity contribution < 1.29 is 14.4 Å². The topological polar surface area (TPSA) is 59.9 Å². The van der Waals surface area contributed by atoms with Crippen molar-refractivity contribution in [2.24, 2.45) is 5.16 Å². The molecule has 0 aliphatic carbocycles. The zero-order valence-corrected chi connectivity index (χ0v) is 14.0. The smallest absolute Gasteiger partial charge is 0.273 e. The van der Waals surface area contributed by atoms with Crippen LogP contribution < -0.4 is 10.1 Å². The van der Waals surface area contributed by atoms with Gasteiger partial charge in [-0.1, -0.05) is 47.6 Å². The minimum atomic E-state index is -0.266. The van der Waals surface area contributed by atoms with Crippen LogP contribution in [-0.4, -0.2) is 24.8 Å². The molecule has 0 fully saturated rings. The number of amides is 1. The van der Waals surface area contributed by atoms with Crippen LogP contribution in [0.3, 0.4) is 0 Å². The number of oxime groups is 1. The fraction of sp³-hybridized carbons (Fsp3) is 0.263. The summed E-state index contributed by atoms with van der Waals surface area (Å²) in [6.45, 7) is 4.94. The predicted molar refractivity (Wildman–Crippen MR) is 94.1 cm³/mol. The van der Waals surface area contributed by atoms with E-state index in [2.05, 4.69) is 10.5 Å². The first-order valence-electron chi connectivity index (χ1n) is 8.00. The van der Waals surface area contributed by atoms with Crippen LogP contribution in [0, 0.1) is 0 Å². The van der Waals surface area contributed by atoms with E-state index in [0.29, 0.717) is 25.3 Å². The lowest BCUT2D eigenvalue weighted by Crippen LogP contribution is -2.32. The van der Waals surface area contributed by atoms with E-state index in [4.69, 9.17) is 9.57 Å². The second-order valence-corrected chi connectivity index (χ2v) is 4.98. The van der Waals surface area contributed by atoms with Crippen LogP contribution in [0.5, 0.6) is 5.75 Å². The Kier molecular flexibility index (Phi) is 6.83. The van der Waals surface area contributed by atoms with E-state index in [1.807, 2.05) is 68.4 Å². The summed E-state index contributed by atoms with van der Waals surface area (Å²) in [7, 11) is 0. The maximum absolute atomic E-state index is 12.3. The molecule has 2 rings (SSSR count). The molecule has 0 aliphatic heterocycles. The number of hydrogen-bond donors (Lipinski definition) is 1. The average molecular weight is 326 g/mol. The van der Waals surface area contributed by atoms with Crippen molar-refractivity contribution in [3.05, 3.63) is 65.7 Å². The van der Waals surface area contributed by atoms with E-state index in [0.717, 1.165) is 11.3 Å². The minimum absolute atomic E-state index is 0.256. The number of carbonyl (C=O) groups is 1. The van der Waals surface area contributed by atoms with E-state index in [-0.39, 0.29) is 11.6 Å². The Morgan fingerprint density at radius 2 is 1.75 bits per heavy atom. The molecule has 0 aromatic heterocycles. The minimum Gasteiger partial charge on any atom is -0.489 e. The number of nitrogens with one attached hydrogen (secondary N) is 1. The molecule has 2 aromatic rings. The SMILES string of the molecule is CCNC(=O)/C(=N\OCC)c1ccccc1COc1ccccc1. The highest BCUT2D eigenvalue weighted by molar-refractivity contribution is 6.45. The number of hydrogen-bond acceptors (Lipinski definition) is 4. The molecule has 0 unspecified atom stereocenters. The Labute approximate surface area is 142 Å². The second kappa shape index (κ2) is 9.35. The number of nitrogens with zero attached hydrogens (tertiary/aromatic N) is 1. The fourth-order valence-electron chi connectivity index (χ4n) is 2.14. The van der Waals surface area contributed by atoms with Gasteiger partial charge in [0.05, 0.1) is 0 Å². The normalized spacial score (nSPS) is 11.0. The number of para-hydroxylation sites is 1. The Balaban J connectivity index is 2.25. The number of ether oxygens (including phenoxy) is 1. The van der Waals surface area contributed by atoms with Gasteiger partial charge in [-0.05, 0) is 31.5 Å². The lowest BCUT2D eigenvalue weighted by Gasteiger charge is -2.12. The molecule has 0 bridgehead atoms. The van der Waals surface area contributed by atoms with Gasteiger partial charge in [-0.3, -0.25) is 4.79 Å². The van der Waals surface area contributed by atoms with Crippen molar-refractivity contribution >= 4 is 11.6 Å². The van der Waals surface area contributed by atoms with E-state index in [9.17, 15) is 4.79 Å². The first-order valence-corrected chi connectivity index (χ1v) is 8.00. The van der Waals surface area contributed by atoms with Gasteiger partial charge in [-0.25, -0.2) is 0 Å². The highest BCUT2D eigenvalue weighted by Gasteiger charge is 2.18. The Hall–Kier alpha value is -2.82. The number of carbonyl (C=O) groups excluding carboxylic acids is 1. The molecule has 24 heavy (non-hydrogen) atoms. The van der Waals surface area contributed by atoms with Gasteiger partial charge in [0.1, 0.15) is 19.0 Å². The van der Waals surface area contributed by atoms with Gasteiger partial charge in [0.2, 0.25) is 0 Å². The number of benzene rings is 2. The van der Waals surface area contributed by atoms with Crippen molar-refractivity contribution in [1.82, 2.24) is 5.32 Å². The van der Waals surface area contributed by atoms with E-state index >= 15 is 0 Å². The number of likely N-dealkylation sites (N-methyl/N-ethyl adjacent to an activating group) is 1. The molecule has 5 heteroatoms. The second-order valence-electron chi connectivity index (χ2n) is 4.98. The molecule has 126 valence electrons. The third-order valence-corrected chi connectivity index (χ3v) is 3.25. The maximum atomic E-state index is 12.3. The van der Waals surface area contributed by atoms with Gasteiger partial charge in [-0.15, -0.1) is 0 Å². The van der Waals surface area contributed by atoms with E-state index < -0.39 is 0 Å². The maximum Gasteiger partial charge on any atom is 0.273 e. The Bertz CT molecular complexity index is 684. The summed E-state index contributed by atoms with van der Waals surface area (Å²) in [6, 6.07) is 17.1. The van der Waals surface area contributed by atoms with Crippen molar-refractivity contribution in [2.45, 2.75) is 20.5 Å². The van der Waals surface area contributed by atoms with Crippen molar-refractivity contribution in [3.8, 4) is 5.75 Å². The van der Waals surface area contributed by atoms with Crippen molar-refractivity contribution in [3.63, 3.8) is 0 Å². The third kappa shape index (κ3) is 4.84. The van der Waals surface area contributed by atoms with Crippen LogP contribution in [-0.2, 0) is 16.2 Å². The lowest BCUT2D eigenvalue weighted by molar-refractivity contribution is -0.114. The Morgan fingerprint density at radius 3 is 2.46 bits per heavy atom. The van der Waals surface area contributed by atoms with Crippen LogP contribution in [0.25, 0.3) is 0 Å². The fourth-order valence-corrected chi connectivity index (χ4v) is 2.14. The third-order valence-electron chi connectivity index (χ3n) is 3.25. The molecule has 0 heterocycles. The summed E-state index contributed by atoms with van der Waals surface area (Å²) in [4.78, 5) is 17.4. The van der Waals surface area contributed by atoms with Gasteiger partial charge in [-0.2, -0.15) is 0 Å². The molecule has 0 atom stereocenters. The molecule has 0 radical (unpaired) electrons. The molecule has 0 saturated heterocycles. The van der Waals surface area contributed by atoms with Gasteiger partial charge in [0, 0.05) is 12.1 Å². The molecule has 0 aliphatic rings. The van der Waals surface area contributed by atoms with Crippen LogP contribution in [0.15, 0.2) is 59.8 Å². The van der Waals surface area contributed by atoms with E-state index in [1.54, 1.807) is 0 Å². The zero-order valence-electron chi connectivity index (χ0n) is 14.0. The molecule has 0 saturated carbocycles. The van der Waals surface area contributed by atoms with Gasteiger partial charge < -0.3 is 14.9 Å². The monoisotopic (exact) mass is 326 g/mol. The predicted octanol–water partition coefficient (Wildman–Crippen LogP) is 3.14. The van der Waals surface area contributed by atoms with Gasteiger partial charge in [0.15, 0.2) is 5.71 Å². The highest BCUT2D eigenvalue weighted by Crippen LogP contribution is 2.16.